The smallest absolute Gasteiger partial charge is 0.255 e. The van der Waals surface area contributed by atoms with Crippen molar-refractivity contribution in [3.8, 4) is 11.9 Å². The van der Waals surface area contributed by atoms with Gasteiger partial charge in [-0.15, -0.1) is 0 Å². The topological polar surface area (TPSA) is 83.5 Å². The van der Waals surface area contributed by atoms with E-state index in [-0.39, 0.29) is 23.6 Å². The maximum Gasteiger partial charge on any atom is 0.255 e. The molecular formula is C18H15N5O2. The zero-order valence-corrected chi connectivity index (χ0v) is 13.4. The summed E-state index contributed by atoms with van der Waals surface area (Å²) in [6.45, 7) is 1.07. The van der Waals surface area contributed by atoms with Crippen LogP contribution in [0.5, 0.6) is 5.88 Å². The first kappa shape index (κ1) is 15.1. The molecule has 0 N–H and O–H groups in total. The van der Waals surface area contributed by atoms with Gasteiger partial charge in [-0.1, -0.05) is 6.07 Å². The molecule has 3 aromatic heterocycles. The molecule has 1 aliphatic rings. The van der Waals surface area contributed by atoms with Crippen molar-refractivity contribution in [3.05, 3.63) is 60.3 Å². The molecule has 0 saturated carbocycles. The number of nitrogens with zero attached hydrogens (tertiary/aromatic N) is 5. The van der Waals surface area contributed by atoms with Gasteiger partial charge in [0.2, 0.25) is 5.69 Å². The molecule has 7 heteroatoms. The number of carbonyl (C=O) groups is 1. The Balaban J connectivity index is 1.46. The number of ether oxygens (including phenoxy) is 1. The third-order valence-electron chi connectivity index (χ3n) is 4.23. The van der Waals surface area contributed by atoms with Crippen LogP contribution in [-0.4, -0.2) is 44.4 Å². The number of rotatable bonds is 3. The lowest BCUT2D eigenvalue weighted by Gasteiger charge is -2.16. The van der Waals surface area contributed by atoms with Gasteiger partial charge in [0, 0.05) is 43.3 Å². The summed E-state index contributed by atoms with van der Waals surface area (Å²) in [5.41, 5.74) is 1.80. The van der Waals surface area contributed by atoms with Gasteiger partial charge in [0.05, 0.1) is 12.1 Å². The van der Waals surface area contributed by atoms with E-state index in [4.69, 9.17) is 10.00 Å². The average molecular weight is 333 g/mol. The molecule has 0 radical (unpaired) electrons. The molecule has 0 unspecified atom stereocenters. The predicted molar refractivity (Wildman–Crippen MR) is 89.1 cm³/mol. The largest absolute Gasteiger partial charge is 0.470 e. The van der Waals surface area contributed by atoms with Crippen molar-refractivity contribution in [1.82, 2.24) is 19.3 Å². The quantitative estimate of drug-likeness (QED) is 0.731. The zero-order valence-electron chi connectivity index (χ0n) is 13.4. The van der Waals surface area contributed by atoms with E-state index in [1.807, 2.05) is 47.1 Å². The standard InChI is InChI=1S/C18H15N5O2/c19-10-16-17(21-6-5-20-16)25-15-4-8-23(12-15)18(24)13-9-14-3-1-2-7-22(14)11-13/h1-3,5-7,9,11,15H,4,8,12H2/t15-/m1/s1. The molecule has 1 aliphatic heterocycles. The molecule has 0 bridgehead atoms. The fourth-order valence-corrected chi connectivity index (χ4v) is 3.01. The first-order valence-corrected chi connectivity index (χ1v) is 7.98. The lowest BCUT2D eigenvalue weighted by atomic mass is 10.3. The van der Waals surface area contributed by atoms with E-state index >= 15 is 0 Å². The van der Waals surface area contributed by atoms with Gasteiger partial charge in [0.25, 0.3) is 11.8 Å². The van der Waals surface area contributed by atoms with Gasteiger partial charge in [-0.3, -0.25) is 4.79 Å². The molecule has 0 aromatic carbocycles. The van der Waals surface area contributed by atoms with Crippen molar-refractivity contribution in [3.63, 3.8) is 0 Å². The van der Waals surface area contributed by atoms with Crippen molar-refractivity contribution >= 4 is 11.4 Å². The summed E-state index contributed by atoms with van der Waals surface area (Å²) in [4.78, 5) is 22.5. The minimum absolute atomic E-state index is 0.0190. The second kappa shape index (κ2) is 6.24. The number of hydrogen-bond donors (Lipinski definition) is 0. The first-order chi connectivity index (χ1) is 12.2. The van der Waals surface area contributed by atoms with E-state index in [2.05, 4.69) is 9.97 Å². The van der Waals surface area contributed by atoms with E-state index in [1.165, 1.54) is 12.4 Å². The van der Waals surface area contributed by atoms with Gasteiger partial charge < -0.3 is 14.0 Å². The van der Waals surface area contributed by atoms with Crippen molar-refractivity contribution < 1.29 is 9.53 Å². The van der Waals surface area contributed by atoms with Crippen LogP contribution in [0.4, 0.5) is 0 Å². The Hall–Kier alpha value is -3.40. The van der Waals surface area contributed by atoms with E-state index in [0.29, 0.717) is 25.1 Å². The highest BCUT2D eigenvalue weighted by molar-refractivity contribution is 5.95. The molecule has 1 amide bonds. The van der Waals surface area contributed by atoms with Crippen LogP contribution in [0.2, 0.25) is 0 Å². The molecular weight excluding hydrogens is 318 g/mol. The van der Waals surface area contributed by atoms with E-state index in [9.17, 15) is 4.79 Å². The number of nitriles is 1. The molecule has 1 atom stereocenters. The highest BCUT2D eigenvalue weighted by Gasteiger charge is 2.29. The van der Waals surface area contributed by atoms with Crippen molar-refractivity contribution in [2.75, 3.05) is 13.1 Å². The fourth-order valence-electron chi connectivity index (χ4n) is 3.01. The van der Waals surface area contributed by atoms with Gasteiger partial charge in [-0.05, 0) is 18.2 Å². The fraction of sp³-hybridized carbons (Fsp3) is 0.222. The molecule has 4 rings (SSSR count). The van der Waals surface area contributed by atoms with Gasteiger partial charge in [-0.25, -0.2) is 9.97 Å². The van der Waals surface area contributed by atoms with E-state index in [0.717, 1.165) is 5.52 Å². The lowest BCUT2D eigenvalue weighted by molar-refractivity contribution is 0.0771. The van der Waals surface area contributed by atoms with Gasteiger partial charge in [0.15, 0.2) is 0 Å². The molecule has 3 aromatic rings. The van der Waals surface area contributed by atoms with Gasteiger partial charge >= 0.3 is 0 Å². The number of hydrogen-bond acceptors (Lipinski definition) is 5. The minimum atomic E-state index is -0.190. The maximum absolute atomic E-state index is 12.7. The molecule has 1 saturated heterocycles. The number of carbonyl (C=O) groups excluding carboxylic acids is 1. The monoisotopic (exact) mass is 333 g/mol. The summed E-state index contributed by atoms with van der Waals surface area (Å²) in [7, 11) is 0. The van der Waals surface area contributed by atoms with Crippen LogP contribution in [-0.2, 0) is 0 Å². The SMILES string of the molecule is N#Cc1nccnc1O[C@@H]1CCN(C(=O)c2cc3ccccn3c2)C1. The molecule has 7 nitrogen and oxygen atoms in total. The summed E-state index contributed by atoms with van der Waals surface area (Å²) in [5.74, 6) is 0.202. The molecule has 1 fully saturated rings. The second-order valence-electron chi connectivity index (χ2n) is 5.86. The summed E-state index contributed by atoms with van der Waals surface area (Å²) >= 11 is 0. The molecule has 124 valence electrons. The predicted octanol–water partition coefficient (Wildman–Crippen LogP) is 1.89. The third kappa shape index (κ3) is 2.90. The molecule has 25 heavy (non-hydrogen) atoms. The van der Waals surface area contributed by atoms with Crippen LogP contribution < -0.4 is 4.74 Å². The normalized spacial score (nSPS) is 16.8. The number of pyridine rings is 1. The maximum atomic E-state index is 12.7. The Kier molecular flexibility index (Phi) is 3.78. The summed E-state index contributed by atoms with van der Waals surface area (Å²) in [6, 6.07) is 9.67. The number of aromatic nitrogens is 3. The van der Waals surface area contributed by atoms with Crippen molar-refractivity contribution in [2.45, 2.75) is 12.5 Å². The Bertz CT molecular complexity index is 942. The van der Waals surface area contributed by atoms with Crippen LogP contribution in [0.3, 0.4) is 0 Å². The van der Waals surface area contributed by atoms with E-state index < -0.39 is 0 Å². The zero-order chi connectivity index (χ0) is 17.2. The van der Waals surface area contributed by atoms with Crippen molar-refractivity contribution in [1.29, 1.82) is 5.26 Å². The lowest BCUT2D eigenvalue weighted by Crippen LogP contribution is -2.30. The first-order valence-electron chi connectivity index (χ1n) is 7.98. The summed E-state index contributed by atoms with van der Waals surface area (Å²) in [5, 5.41) is 9.05. The minimum Gasteiger partial charge on any atom is -0.470 e. The molecule has 4 heterocycles. The van der Waals surface area contributed by atoms with Crippen molar-refractivity contribution in [2.24, 2.45) is 0 Å². The molecule has 0 spiro atoms. The highest BCUT2D eigenvalue weighted by atomic mass is 16.5. The number of likely N-dealkylation sites (tertiary alicyclic amines) is 1. The summed E-state index contributed by atoms with van der Waals surface area (Å²) in [6.07, 6.45) is 7.20. The number of amides is 1. The second-order valence-corrected chi connectivity index (χ2v) is 5.86. The Labute approximate surface area is 144 Å². The Morgan fingerprint density at radius 1 is 1.32 bits per heavy atom. The van der Waals surface area contributed by atoms with E-state index in [1.54, 1.807) is 4.90 Å². The molecule has 0 aliphatic carbocycles. The van der Waals surface area contributed by atoms with Crippen LogP contribution in [0.1, 0.15) is 22.5 Å². The van der Waals surface area contributed by atoms with Gasteiger partial charge in [-0.2, -0.15) is 5.26 Å². The highest BCUT2D eigenvalue weighted by Crippen LogP contribution is 2.21. The number of fused-ring (bicyclic) bond motifs is 1. The van der Waals surface area contributed by atoms with Crippen LogP contribution in [0.15, 0.2) is 49.1 Å². The van der Waals surface area contributed by atoms with Crippen LogP contribution >= 0.6 is 0 Å². The third-order valence-corrected chi connectivity index (χ3v) is 4.23. The van der Waals surface area contributed by atoms with Gasteiger partial charge in [0.1, 0.15) is 12.2 Å². The Morgan fingerprint density at radius 3 is 3.04 bits per heavy atom. The van der Waals surface area contributed by atoms with Crippen LogP contribution in [0, 0.1) is 11.3 Å². The summed E-state index contributed by atoms with van der Waals surface area (Å²) < 4.78 is 7.70. The average Bonchev–Trinajstić information content (AvgIpc) is 3.28. The van der Waals surface area contributed by atoms with Crippen LogP contribution in [0.25, 0.3) is 5.52 Å². The Morgan fingerprint density at radius 2 is 2.20 bits per heavy atom.